The molecule has 0 bridgehead atoms. The summed E-state index contributed by atoms with van der Waals surface area (Å²) in [6.45, 7) is 0.913. The predicted octanol–water partition coefficient (Wildman–Crippen LogP) is 1.20. The van der Waals surface area contributed by atoms with Gasteiger partial charge in [0.15, 0.2) is 5.75 Å². The van der Waals surface area contributed by atoms with Crippen molar-refractivity contribution in [1.29, 1.82) is 0 Å². The highest BCUT2D eigenvalue weighted by atomic mass is 16.5. The van der Waals surface area contributed by atoms with Crippen LogP contribution in [0.4, 0.5) is 0 Å². The van der Waals surface area contributed by atoms with Gasteiger partial charge in [-0.1, -0.05) is 0 Å². The molecule has 1 saturated carbocycles. The molecule has 2 atom stereocenters. The topological polar surface area (TPSA) is 81.2 Å². The summed E-state index contributed by atoms with van der Waals surface area (Å²) in [5.41, 5.74) is 1.78. The monoisotopic (exact) mass is 316 g/mol. The molecule has 1 aliphatic heterocycles. The van der Waals surface area contributed by atoms with Crippen LogP contribution in [-0.4, -0.2) is 46.0 Å². The fourth-order valence-electron chi connectivity index (χ4n) is 2.97. The molecular formula is C16H20N4O3. The Morgan fingerprint density at radius 1 is 1.48 bits per heavy atom. The van der Waals surface area contributed by atoms with Gasteiger partial charge < -0.3 is 19.8 Å². The van der Waals surface area contributed by atoms with Gasteiger partial charge in [0.25, 0.3) is 5.91 Å². The van der Waals surface area contributed by atoms with Crippen molar-refractivity contribution >= 4 is 5.91 Å². The van der Waals surface area contributed by atoms with E-state index in [1.165, 1.54) is 0 Å². The van der Waals surface area contributed by atoms with E-state index in [0.29, 0.717) is 30.6 Å². The number of aromatic nitrogens is 3. The molecule has 7 nitrogen and oxygen atoms in total. The van der Waals surface area contributed by atoms with E-state index < -0.39 is 0 Å². The second-order valence-corrected chi connectivity index (χ2v) is 6.21. The summed E-state index contributed by atoms with van der Waals surface area (Å²) in [5.74, 6) is 1.12. The molecule has 7 heteroatoms. The highest BCUT2D eigenvalue weighted by Crippen LogP contribution is 2.41. The van der Waals surface area contributed by atoms with Gasteiger partial charge in [-0.3, -0.25) is 9.48 Å². The third-order valence-corrected chi connectivity index (χ3v) is 4.34. The van der Waals surface area contributed by atoms with E-state index in [1.54, 1.807) is 17.1 Å². The van der Waals surface area contributed by atoms with Crippen LogP contribution < -0.4 is 10.1 Å². The number of amides is 1. The molecular weight excluding hydrogens is 296 g/mol. The molecule has 0 spiro atoms. The number of nitrogens with zero attached hydrogens (tertiary/aromatic N) is 2. The zero-order valence-corrected chi connectivity index (χ0v) is 13.0. The van der Waals surface area contributed by atoms with Gasteiger partial charge in [0, 0.05) is 13.2 Å². The van der Waals surface area contributed by atoms with E-state index in [4.69, 9.17) is 9.47 Å². The van der Waals surface area contributed by atoms with E-state index in [0.717, 1.165) is 18.4 Å². The first-order valence-electron chi connectivity index (χ1n) is 7.92. The first-order valence-corrected chi connectivity index (χ1v) is 7.92. The van der Waals surface area contributed by atoms with Crippen molar-refractivity contribution in [2.24, 2.45) is 7.05 Å². The van der Waals surface area contributed by atoms with Gasteiger partial charge in [0.1, 0.15) is 11.8 Å². The van der Waals surface area contributed by atoms with Crippen LogP contribution in [0.3, 0.4) is 0 Å². The Morgan fingerprint density at radius 3 is 3.09 bits per heavy atom. The van der Waals surface area contributed by atoms with Crippen LogP contribution in [0, 0.1) is 0 Å². The van der Waals surface area contributed by atoms with Gasteiger partial charge in [-0.15, -0.1) is 0 Å². The minimum absolute atomic E-state index is 0.0906. The number of rotatable bonds is 5. The molecule has 0 unspecified atom stereocenters. The van der Waals surface area contributed by atoms with Crippen molar-refractivity contribution in [3.05, 3.63) is 35.9 Å². The summed E-state index contributed by atoms with van der Waals surface area (Å²) in [4.78, 5) is 15.6. The van der Waals surface area contributed by atoms with Gasteiger partial charge in [0.05, 0.1) is 31.6 Å². The lowest BCUT2D eigenvalue weighted by molar-refractivity contribution is 0.0898. The van der Waals surface area contributed by atoms with Gasteiger partial charge in [0.2, 0.25) is 0 Å². The van der Waals surface area contributed by atoms with Crippen LogP contribution in [-0.2, 0) is 11.8 Å². The van der Waals surface area contributed by atoms with E-state index >= 15 is 0 Å². The Morgan fingerprint density at radius 2 is 2.35 bits per heavy atom. The minimum Gasteiger partial charge on any atom is -0.482 e. The van der Waals surface area contributed by atoms with Crippen LogP contribution in [0.25, 0.3) is 0 Å². The van der Waals surface area contributed by atoms with E-state index in [9.17, 15) is 4.79 Å². The summed E-state index contributed by atoms with van der Waals surface area (Å²) in [5, 5.41) is 7.12. The maximum atomic E-state index is 12.5. The molecule has 1 aliphatic carbocycles. The Kier molecular flexibility index (Phi) is 3.57. The van der Waals surface area contributed by atoms with E-state index in [2.05, 4.69) is 15.4 Å². The lowest BCUT2D eigenvalue weighted by Gasteiger charge is -2.19. The average Bonchev–Trinajstić information content (AvgIpc) is 2.93. The summed E-state index contributed by atoms with van der Waals surface area (Å²) in [6, 6.07) is 1.83. The largest absolute Gasteiger partial charge is 0.482 e. The maximum Gasteiger partial charge on any atom is 0.268 e. The fraction of sp³-hybridized carbons (Fsp3) is 0.500. The molecule has 122 valence electrons. The van der Waals surface area contributed by atoms with Crippen molar-refractivity contribution in [2.75, 3.05) is 13.2 Å². The Balaban J connectivity index is 1.42. The number of aryl methyl sites for hydroxylation is 1. The number of H-pyrrole nitrogens is 1. The Bertz CT molecular complexity index is 704. The first kappa shape index (κ1) is 14.3. The number of hydrogen-bond acceptors (Lipinski definition) is 4. The third kappa shape index (κ3) is 2.96. The second kappa shape index (κ2) is 5.73. The predicted molar refractivity (Wildman–Crippen MR) is 82.5 cm³/mol. The molecule has 2 aliphatic rings. The molecule has 0 aromatic carbocycles. The second-order valence-electron chi connectivity index (χ2n) is 6.21. The number of nitrogens with one attached hydrogen (secondary N) is 2. The summed E-state index contributed by atoms with van der Waals surface area (Å²) < 4.78 is 13.0. The zero-order chi connectivity index (χ0) is 15.8. The molecule has 2 aromatic heterocycles. The third-order valence-electron chi connectivity index (χ3n) is 4.34. The molecule has 1 saturated heterocycles. The Hall–Kier alpha value is -2.28. The molecule has 2 N–H and O–H groups in total. The quantitative estimate of drug-likeness (QED) is 0.868. The summed E-state index contributed by atoms with van der Waals surface area (Å²) in [6.07, 6.45) is 7.41. The lowest BCUT2D eigenvalue weighted by atomic mass is 10.1. The summed E-state index contributed by atoms with van der Waals surface area (Å²) in [7, 11) is 1.84. The fourth-order valence-corrected chi connectivity index (χ4v) is 2.97. The highest BCUT2D eigenvalue weighted by Gasteiger charge is 2.34. The van der Waals surface area contributed by atoms with Crippen molar-refractivity contribution in [3.63, 3.8) is 0 Å². The average molecular weight is 316 g/mol. The molecule has 1 amide bonds. The van der Waals surface area contributed by atoms with Crippen LogP contribution in [0.1, 0.15) is 34.8 Å². The number of carbonyl (C=O) groups is 1. The van der Waals surface area contributed by atoms with E-state index in [-0.39, 0.29) is 18.1 Å². The van der Waals surface area contributed by atoms with Crippen LogP contribution in [0.5, 0.6) is 5.75 Å². The molecule has 3 heterocycles. The number of carbonyl (C=O) groups excluding carboxylic acids is 1. The lowest BCUT2D eigenvalue weighted by Crippen LogP contribution is -2.45. The number of hydrogen-bond donors (Lipinski definition) is 2. The molecule has 0 radical (unpaired) electrons. The normalized spacial score (nSPS) is 23.9. The van der Waals surface area contributed by atoms with Crippen molar-refractivity contribution in [2.45, 2.75) is 30.9 Å². The van der Waals surface area contributed by atoms with Gasteiger partial charge in [-0.2, -0.15) is 5.10 Å². The first-order chi connectivity index (χ1) is 11.2. The van der Waals surface area contributed by atoms with Gasteiger partial charge in [-0.05, 0) is 30.4 Å². The minimum atomic E-state index is -0.206. The molecule has 4 rings (SSSR count). The number of aromatic amines is 1. The van der Waals surface area contributed by atoms with Crippen molar-refractivity contribution < 1.29 is 14.3 Å². The number of ether oxygens (including phenoxy) is 2. The molecule has 23 heavy (non-hydrogen) atoms. The van der Waals surface area contributed by atoms with E-state index in [1.807, 2.05) is 19.3 Å². The maximum absolute atomic E-state index is 12.5. The van der Waals surface area contributed by atoms with Crippen LogP contribution in [0.15, 0.2) is 24.7 Å². The van der Waals surface area contributed by atoms with Crippen molar-refractivity contribution in [3.8, 4) is 5.75 Å². The molecule has 2 aromatic rings. The van der Waals surface area contributed by atoms with Gasteiger partial charge >= 0.3 is 0 Å². The molecule has 2 fully saturated rings. The zero-order valence-electron chi connectivity index (χ0n) is 13.0. The van der Waals surface area contributed by atoms with Crippen LogP contribution >= 0.6 is 0 Å². The highest BCUT2D eigenvalue weighted by molar-refractivity contribution is 5.94. The SMILES string of the molecule is Cn1cc(O[C@@H]2COC[C@@H]2NC(=O)c2[nH]ccc2C2CC2)cn1. The Labute approximate surface area is 134 Å². The van der Waals surface area contributed by atoms with Gasteiger partial charge in [-0.25, -0.2) is 0 Å². The standard InChI is InChI=1S/C16H20N4O3/c1-20-7-11(6-18-20)23-14-9-22-8-13(14)19-16(21)15-12(4-5-17-15)10-2-3-10/h4-7,10,13-14,17H,2-3,8-9H2,1H3,(H,19,21)/t13-,14+/m0/s1. The van der Waals surface area contributed by atoms with Crippen molar-refractivity contribution in [1.82, 2.24) is 20.1 Å². The smallest absolute Gasteiger partial charge is 0.268 e. The van der Waals surface area contributed by atoms with Crippen LogP contribution in [0.2, 0.25) is 0 Å². The summed E-state index contributed by atoms with van der Waals surface area (Å²) >= 11 is 0.